The fraction of sp³-hybridized carbons (Fsp3) is 0.471. The SMILES string of the molecule is CSCCC(NC(=O)c1ccccc1)C(=O)N1CCC(C(=O)O)C1. The number of carboxylic acid groups (broad SMARTS) is 1. The monoisotopic (exact) mass is 350 g/mol. The van der Waals surface area contributed by atoms with E-state index in [9.17, 15) is 14.4 Å². The molecular weight excluding hydrogens is 328 g/mol. The smallest absolute Gasteiger partial charge is 0.308 e. The van der Waals surface area contributed by atoms with E-state index < -0.39 is 17.9 Å². The normalized spacial score (nSPS) is 18.2. The van der Waals surface area contributed by atoms with Crippen molar-refractivity contribution in [3.63, 3.8) is 0 Å². The Morgan fingerprint density at radius 2 is 2.04 bits per heavy atom. The highest BCUT2D eigenvalue weighted by Crippen LogP contribution is 2.18. The van der Waals surface area contributed by atoms with Crippen LogP contribution in [0, 0.1) is 5.92 Å². The number of aliphatic carboxylic acids is 1. The summed E-state index contributed by atoms with van der Waals surface area (Å²) in [5, 5.41) is 11.9. The van der Waals surface area contributed by atoms with Gasteiger partial charge in [-0.25, -0.2) is 0 Å². The Balaban J connectivity index is 2.03. The second-order valence-corrected chi connectivity index (χ2v) is 6.77. The molecule has 2 rings (SSSR count). The van der Waals surface area contributed by atoms with Gasteiger partial charge in [0.25, 0.3) is 5.91 Å². The zero-order valence-electron chi connectivity index (χ0n) is 13.6. The molecule has 1 aromatic carbocycles. The molecule has 7 heteroatoms. The molecule has 130 valence electrons. The lowest BCUT2D eigenvalue weighted by Crippen LogP contribution is -2.48. The Hall–Kier alpha value is -2.02. The van der Waals surface area contributed by atoms with Crippen molar-refractivity contribution < 1.29 is 19.5 Å². The van der Waals surface area contributed by atoms with E-state index in [-0.39, 0.29) is 18.4 Å². The number of hydrogen-bond donors (Lipinski definition) is 2. The van der Waals surface area contributed by atoms with Crippen molar-refractivity contribution in [2.45, 2.75) is 18.9 Å². The molecule has 2 amide bonds. The van der Waals surface area contributed by atoms with Gasteiger partial charge in [-0.2, -0.15) is 11.8 Å². The summed E-state index contributed by atoms with van der Waals surface area (Å²) in [5.74, 6) is -1.14. The Morgan fingerprint density at radius 3 is 2.62 bits per heavy atom. The molecule has 2 atom stereocenters. The largest absolute Gasteiger partial charge is 0.481 e. The Labute approximate surface area is 145 Å². The van der Waals surface area contributed by atoms with Gasteiger partial charge in [0.2, 0.25) is 5.91 Å². The number of likely N-dealkylation sites (tertiary alicyclic amines) is 1. The van der Waals surface area contributed by atoms with E-state index >= 15 is 0 Å². The van der Waals surface area contributed by atoms with Gasteiger partial charge in [0.15, 0.2) is 0 Å². The van der Waals surface area contributed by atoms with E-state index in [1.807, 2.05) is 12.3 Å². The molecule has 0 aromatic heterocycles. The maximum atomic E-state index is 12.7. The van der Waals surface area contributed by atoms with E-state index in [0.717, 1.165) is 5.75 Å². The molecule has 1 aliphatic rings. The van der Waals surface area contributed by atoms with Gasteiger partial charge in [-0.1, -0.05) is 18.2 Å². The topological polar surface area (TPSA) is 86.7 Å². The Kier molecular flexibility index (Phi) is 6.66. The first kappa shape index (κ1) is 18.3. The van der Waals surface area contributed by atoms with Crippen molar-refractivity contribution >= 4 is 29.5 Å². The summed E-state index contributed by atoms with van der Waals surface area (Å²) in [6.45, 7) is 0.637. The van der Waals surface area contributed by atoms with Gasteiger partial charge in [-0.15, -0.1) is 0 Å². The number of amides is 2. The fourth-order valence-electron chi connectivity index (χ4n) is 2.71. The molecule has 1 aromatic rings. The van der Waals surface area contributed by atoms with Crippen LogP contribution in [0.15, 0.2) is 30.3 Å². The predicted molar refractivity (Wildman–Crippen MR) is 93.0 cm³/mol. The number of rotatable bonds is 7. The third-order valence-corrected chi connectivity index (χ3v) is 4.74. The zero-order valence-corrected chi connectivity index (χ0v) is 14.4. The molecule has 6 nitrogen and oxygen atoms in total. The summed E-state index contributed by atoms with van der Waals surface area (Å²) >= 11 is 1.60. The maximum absolute atomic E-state index is 12.7. The molecule has 0 radical (unpaired) electrons. The van der Waals surface area contributed by atoms with Crippen LogP contribution in [-0.4, -0.2) is 58.9 Å². The molecule has 0 bridgehead atoms. The minimum Gasteiger partial charge on any atom is -0.481 e. The maximum Gasteiger partial charge on any atom is 0.308 e. The van der Waals surface area contributed by atoms with Gasteiger partial charge in [-0.3, -0.25) is 14.4 Å². The third kappa shape index (κ3) is 4.74. The summed E-state index contributed by atoms with van der Waals surface area (Å²) in [6, 6.07) is 8.13. The van der Waals surface area contributed by atoms with Crippen molar-refractivity contribution in [3.8, 4) is 0 Å². The lowest BCUT2D eigenvalue weighted by atomic mass is 10.1. The molecule has 0 saturated carbocycles. The van der Waals surface area contributed by atoms with Crippen LogP contribution in [0.2, 0.25) is 0 Å². The first-order valence-corrected chi connectivity index (χ1v) is 9.28. The Bertz CT molecular complexity index is 594. The van der Waals surface area contributed by atoms with Crippen LogP contribution in [0.3, 0.4) is 0 Å². The standard InChI is InChI=1S/C17H22N2O4S/c1-24-10-8-14(18-15(20)12-5-3-2-4-6-12)16(21)19-9-7-13(11-19)17(22)23/h2-6,13-14H,7-11H2,1H3,(H,18,20)(H,22,23). The van der Waals surface area contributed by atoms with Gasteiger partial charge >= 0.3 is 5.97 Å². The molecule has 1 heterocycles. The van der Waals surface area contributed by atoms with Gasteiger partial charge in [0, 0.05) is 18.7 Å². The number of carboxylic acids is 1. The number of nitrogens with zero attached hydrogens (tertiary/aromatic N) is 1. The highest BCUT2D eigenvalue weighted by Gasteiger charge is 2.34. The predicted octanol–water partition coefficient (Wildman–Crippen LogP) is 1.47. The molecule has 2 N–H and O–H groups in total. The van der Waals surface area contributed by atoms with Crippen LogP contribution >= 0.6 is 11.8 Å². The highest BCUT2D eigenvalue weighted by atomic mass is 32.2. The Morgan fingerprint density at radius 1 is 1.33 bits per heavy atom. The van der Waals surface area contributed by atoms with Crippen molar-refractivity contribution in [2.75, 3.05) is 25.1 Å². The second kappa shape index (κ2) is 8.73. The zero-order chi connectivity index (χ0) is 17.5. The average Bonchev–Trinajstić information content (AvgIpc) is 3.09. The lowest BCUT2D eigenvalue weighted by molar-refractivity contribution is -0.141. The van der Waals surface area contributed by atoms with E-state index in [1.165, 1.54) is 0 Å². The first-order valence-electron chi connectivity index (χ1n) is 7.89. The number of nitrogens with one attached hydrogen (secondary N) is 1. The fourth-order valence-corrected chi connectivity index (χ4v) is 3.18. The van der Waals surface area contributed by atoms with E-state index in [4.69, 9.17) is 5.11 Å². The number of thioether (sulfide) groups is 1. The van der Waals surface area contributed by atoms with Crippen molar-refractivity contribution in [1.82, 2.24) is 10.2 Å². The van der Waals surface area contributed by atoms with Crippen molar-refractivity contribution in [1.29, 1.82) is 0 Å². The molecular formula is C17H22N2O4S. The summed E-state index contributed by atoms with van der Waals surface area (Å²) in [5.41, 5.74) is 0.504. The molecule has 1 saturated heterocycles. The van der Waals surface area contributed by atoms with Crippen LogP contribution < -0.4 is 5.32 Å². The molecule has 1 fully saturated rings. The summed E-state index contributed by atoms with van der Waals surface area (Å²) in [4.78, 5) is 37.6. The van der Waals surface area contributed by atoms with Crippen LogP contribution in [0.4, 0.5) is 0 Å². The van der Waals surface area contributed by atoms with Crippen molar-refractivity contribution in [3.05, 3.63) is 35.9 Å². The quantitative estimate of drug-likeness (QED) is 0.778. The first-order chi connectivity index (χ1) is 11.5. The van der Waals surface area contributed by atoms with Crippen molar-refractivity contribution in [2.24, 2.45) is 5.92 Å². The summed E-state index contributed by atoms with van der Waals surface area (Å²) < 4.78 is 0. The van der Waals surface area contributed by atoms with E-state index in [2.05, 4.69) is 5.32 Å². The minimum atomic E-state index is -0.876. The van der Waals surface area contributed by atoms with Crippen LogP contribution in [-0.2, 0) is 9.59 Å². The lowest BCUT2D eigenvalue weighted by Gasteiger charge is -2.24. The van der Waals surface area contributed by atoms with Gasteiger partial charge in [-0.05, 0) is 37.0 Å². The molecule has 1 aliphatic heterocycles. The third-order valence-electron chi connectivity index (χ3n) is 4.10. The number of carbonyl (C=O) groups excluding carboxylic acids is 2. The van der Waals surface area contributed by atoms with E-state index in [1.54, 1.807) is 40.9 Å². The highest BCUT2D eigenvalue weighted by molar-refractivity contribution is 7.98. The van der Waals surface area contributed by atoms with Crippen LogP contribution in [0.25, 0.3) is 0 Å². The average molecular weight is 350 g/mol. The molecule has 2 unspecified atom stereocenters. The summed E-state index contributed by atoms with van der Waals surface area (Å²) in [6.07, 6.45) is 2.92. The van der Waals surface area contributed by atoms with Crippen LogP contribution in [0.5, 0.6) is 0 Å². The van der Waals surface area contributed by atoms with Gasteiger partial charge < -0.3 is 15.3 Å². The van der Waals surface area contributed by atoms with Gasteiger partial charge in [0.05, 0.1) is 5.92 Å². The molecule has 0 aliphatic carbocycles. The minimum absolute atomic E-state index is 0.197. The summed E-state index contributed by atoms with van der Waals surface area (Å²) in [7, 11) is 0. The number of carbonyl (C=O) groups is 3. The van der Waals surface area contributed by atoms with E-state index in [0.29, 0.717) is 24.9 Å². The molecule has 24 heavy (non-hydrogen) atoms. The van der Waals surface area contributed by atoms with Crippen LogP contribution in [0.1, 0.15) is 23.2 Å². The molecule has 0 spiro atoms. The number of benzene rings is 1. The second-order valence-electron chi connectivity index (χ2n) is 5.78. The number of hydrogen-bond acceptors (Lipinski definition) is 4. The van der Waals surface area contributed by atoms with Gasteiger partial charge in [0.1, 0.15) is 6.04 Å².